The highest BCUT2D eigenvalue weighted by molar-refractivity contribution is 6.35. The fourth-order valence-electron chi connectivity index (χ4n) is 2.27. The summed E-state index contributed by atoms with van der Waals surface area (Å²) in [7, 11) is 1.21. The number of methoxy groups -OCH3 is 1. The Morgan fingerprint density at radius 1 is 1.18 bits per heavy atom. The normalized spacial score (nSPS) is 10.9. The van der Waals surface area contributed by atoms with Crippen LogP contribution in [0.3, 0.4) is 0 Å². The second-order valence-electron chi connectivity index (χ2n) is 4.61. The maximum Gasteiger partial charge on any atom is 0.377 e. The molecule has 0 bridgehead atoms. The Morgan fingerprint density at radius 2 is 1.86 bits per heavy atom. The van der Waals surface area contributed by atoms with Crippen molar-refractivity contribution in [3.8, 4) is 16.9 Å². The number of hydrogen-bond acceptors (Lipinski definition) is 4. The van der Waals surface area contributed by atoms with Crippen molar-refractivity contribution in [1.82, 2.24) is 0 Å². The molecule has 2 aromatic carbocycles. The molecule has 0 radical (unpaired) electrons. The van der Waals surface area contributed by atoms with Crippen molar-refractivity contribution < 1.29 is 19.1 Å². The Hall–Kier alpha value is -2.17. The quantitative estimate of drug-likeness (QED) is 0.676. The number of esters is 1. The van der Waals surface area contributed by atoms with E-state index in [0.29, 0.717) is 32.1 Å². The molecule has 0 amide bonds. The highest BCUT2D eigenvalue weighted by Gasteiger charge is 2.22. The van der Waals surface area contributed by atoms with Gasteiger partial charge in [0.2, 0.25) is 0 Å². The van der Waals surface area contributed by atoms with E-state index < -0.39 is 5.97 Å². The van der Waals surface area contributed by atoms with Gasteiger partial charge in [-0.3, -0.25) is 0 Å². The third-order valence-corrected chi connectivity index (χ3v) is 3.67. The SMILES string of the molecule is COC(=O)c1oc2c(-c3cc(Cl)cc(Cl)c3)cccc2c1O. The van der Waals surface area contributed by atoms with Gasteiger partial charge in [0.25, 0.3) is 5.76 Å². The average molecular weight is 337 g/mol. The number of aromatic hydroxyl groups is 1. The number of hydrogen-bond donors (Lipinski definition) is 1. The molecule has 0 aliphatic rings. The van der Waals surface area contributed by atoms with E-state index in [0.717, 1.165) is 0 Å². The molecule has 0 fully saturated rings. The summed E-state index contributed by atoms with van der Waals surface area (Å²) in [6.07, 6.45) is 0. The third kappa shape index (κ3) is 2.40. The van der Waals surface area contributed by atoms with Crippen LogP contribution >= 0.6 is 23.2 Å². The van der Waals surface area contributed by atoms with E-state index >= 15 is 0 Å². The Morgan fingerprint density at radius 3 is 2.50 bits per heavy atom. The lowest BCUT2D eigenvalue weighted by atomic mass is 10.0. The summed E-state index contributed by atoms with van der Waals surface area (Å²) in [5.74, 6) is -1.24. The van der Waals surface area contributed by atoms with Crippen LogP contribution in [-0.4, -0.2) is 18.2 Å². The summed E-state index contributed by atoms with van der Waals surface area (Å²) < 4.78 is 10.1. The summed E-state index contributed by atoms with van der Waals surface area (Å²) in [5.41, 5.74) is 1.74. The molecular weight excluding hydrogens is 327 g/mol. The molecule has 0 atom stereocenters. The Kier molecular flexibility index (Phi) is 3.72. The summed E-state index contributed by atoms with van der Waals surface area (Å²) in [6, 6.07) is 10.2. The third-order valence-electron chi connectivity index (χ3n) is 3.23. The van der Waals surface area contributed by atoms with Gasteiger partial charge in [-0.1, -0.05) is 35.3 Å². The van der Waals surface area contributed by atoms with Gasteiger partial charge in [-0.05, 0) is 29.8 Å². The van der Waals surface area contributed by atoms with Crippen LogP contribution in [0.25, 0.3) is 22.1 Å². The minimum Gasteiger partial charge on any atom is -0.504 e. The molecule has 0 unspecified atom stereocenters. The molecule has 3 rings (SSSR count). The van der Waals surface area contributed by atoms with E-state index in [-0.39, 0.29) is 11.5 Å². The molecule has 112 valence electrons. The van der Waals surface area contributed by atoms with Gasteiger partial charge in [0.1, 0.15) is 5.58 Å². The first-order chi connectivity index (χ1) is 10.5. The van der Waals surface area contributed by atoms with Gasteiger partial charge < -0.3 is 14.3 Å². The first-order valence-corrected chi connectivity index (χ1v) is 7.06. The number of carbonyl (C=O) groups is 1. The van der Waals surface area contributed by atoms with Crippen molar-refractivity contribution in [2.24, 2.45) is 0 Å². The molecule has 0 saturated heterocycles. The zero-order valence-electron chi connectivity index (χ0n) is 11.4. The molecule has 1 heterocycles. The Bertz CT molecular complexity index is 863. The molecule has 0 aliphatic carbocycles. The molecule has 4 nitrogen and oxygen atoms in total. The van der Waals surface area contributed by atoms with Crippen molar-refractivity contribution in [2.75, 3.05) is 7.11 Å². The van der Waals surface area contributed by atoms with Gasteiger partial charge >= 0.3 is 5.97 Å². The van der Waals surface area contributed by atoms with Crippen LogP contribution < -0.4 is 0 Å². The summed E-state index contributed by atoms with van der Waals surface area (Å²) >= 11 is 12.0. The highest BCUT2D eigenvalue weighted by atomic mass is 35.5. The number of furan rings is 1. The lowest BCUT2D eigenvalue weighted by molar-refractivity contribution is 0.0563. The monoisotopic (exact) mass is 336 g/mol. The fraction of sp³-hybridized carbons (Fsp3) is 0.0625. The van der Waals surface area contributed by atoms with Gasteiger partial charge in [0, 0.05) is 15.6 Å². The number of para-hydroxylation sites is 1. The summed E-state index contributed by atoms with van der Waals surface area (Å²) in [5, 5.41) is 11.5. The predicted octanol–water partition coefficient (Wildman–Crippen LogP) is 4.90. The number of fused-ring (bicyclic) bond motifs is 1. The highest BCUT2D eigenvalue weighted by Crippen LogP contribution is 2.39. The number of benzene rings is 2. The minimum absolute atomic E-state index is 0.238. The molecule has 6 heteroatoms. The predicted molar refractivity (Wildman–Crippen MR) is 84.7 cm³/mol. The lowest BCUT2D eigenvalue weighted by Gasteiger charge is -2.04. The number of rotatable bonds is 2. The first kappa shape index (κ1) is 14.8. The van der Waals surface area contributed by atoms with E-state index in [1.54, 1.807) is 36.4 Å². The van der Waals surface area contributed by atoms with Crippen molar-refractivity contribution in [1.29, 1.82) is 0 Å². The van der Waals surface area contributed by atoms with E-state index in [1.165, 1.54) is 7.11 Å². The van der Waals surface area contributed by atoms with E-state index in [1.807, 2.05) is 0 Å². The number of carbonyl (C=O) groups excluding carboxylic acids is 1. The molecule has 1 aromatic heterocycles. The zero-order valence-corrected chi connectivity index (χ0v) is 12.9. The average Bonchev–Trinajstić information content (AvgIpc) is 2.83. The second-order valence-corrected chi connectivity index (χ2v) is 5.48. The van der Waals surface area contributed by atoms with Gasteiger partial charge in [-0.15, -0.1) is 0 Å². The van der Waals surface area contributed by atoms with Crippen molar-refractivity contribution in [3.05, 3.63) is 52.2 Å². The van der Waals surface area contributed by atoms with Crippen LogP contribution in [-0.2, 0) is 4.74 Å². The van der Waals surface area contributed by atoms with Gasteiger partial charge in [-0.25, -0.2) is 4.79 Å². The topological polar surface area (TPSA) is 59.7 Å². The van der Waals surface area contributed by atoms with Crippen LogP contribution in [0.15, 0.2) is 40.8 Å². The van der Waals surface area contributed by atoms with Gasteiger partial charge in [0.05, 0.1) is 12.5 Å². The maximum absolute atomic E-state index is 11.6. The molecule has 0 spiro atoms. The van der Waals surface area contributed by atoms with Crippen molar-refractivity contribution in [3.63, 3.8) is 0 Å². The van der Waals surface area contributed by atoms with Crippen LogP contribution in [0, 0.1) is 0 Å². The molecule has 3 aromatic rings. The van der Waals surface area contributed by atoms with Crippen molar-refractivity contribution >= 4 is 40.1 Å². The van der Waals surface area contributed by atoms with Gasteiger partial charge in [-0.2, -0.15) is 0 Å². The Balaban J connectivity index is 2.29. The minimum atomic E-state index is -0.747. The van der Waals surface area contributed by atoms with E-state index in [2.05, 4.69) is 4.74 Å². The van der Waals surface area contributed by atoms with E-state index in [9.17, 15) is 9.90 Å². The van der Waals surface area contributed by atoms with Crippen LogP contribution in [0.4, 0.5) is 0 Å². The molecule has 1 N–H and O–H groups in total. The van der Waals surface area contributed by atoms with Crippen LogP contribution in [0.1, 0.15) is 10.6 Å². The standard InChI is InChI=1S/C16H10Cl2O4/c1-21-16(20)15-13(19)12-4-2-3-11(14(12)22-15)8-5-9(17)7-10(18)6-8/h2-7,19H,1H3. The van der Waals surface area contributed by atoms with Crippen molar-refractivity contribution in [2.45, 2.75) is 0 Å². The molecule has 0 aliphatic heterocycles. The molecule has 0 saturated carbocycles. The van der Waals surface area contributed by atoms with Gasteiger partial charge in [0.15, 0.2) is 5.75 Å². The summed E-state index contributed by atoms with van der Waals surface area (Å²) in [6.45, 7) is 0. The Labute approximate surface area is 135 Å². The smallest absolute Gasteiger partial charge is 0.377 e. The molecule has 22 heavy (non-hydrogen) atoms. The maximum atomic E-state index is 11.6. The number of halogens is 2. The second kappa shape index (κ2) is 5.55. The first-order valence-electron chi connectivity index (χ1n) is 6.30. The van der Waals surface area contributed by atoms with Crippen LogP contribution in [0.5, 0.6) is 5.75 Å². The van der Waals surface area contributed by atoms with E-state index in [4.69, 9.17) is 27.6 Å². The fourth-order valence-corrected chi connectivity index (χ4v) is 2.80. The van der Waals surface area contributed by atoms with Crippen LogP contribution in [0.2, 0.25) is 10.0 Å². The number of ether oxygens (including phenoxy) is 1. The zero-order chi connectivity index (χ0) is 15.9. The lowest BCUT2D eigenvalue weighted by Crippen LogP contribution is -1.98. The largest absolute Gasteiger partial charge is 0.504 e. The summed E-state index contributed by atoms with van der Waals surface area (Å²) in [4.78, 5) is 11.6. The molecular formula is C16H10Cl2O4.